The van der Waals surface area contributed by atoms with Crippen LogP contribution in [0.2, 0.25) is 0 Å². The first-order chi connectivity index (χ1) is 11.0. The molecule has 1 aliphatic rings. The molecule has 0 amide bonds. The van der Waals surface area contributed by atoms with Crippen molar-refractivity contribution in [1.82, 2.24) is 4.90 Å². The molecule has 17 heavy (non-hydrogen) atoms. The minimum Gasteiger partial charge on any atom is -0.379 e. The third-order valence-electron chi connectivity index (χ3n) is 2.60. The first-order valence-corrected chi connectivity index (χ1v) is 5.60. The Labute approximate surface area is 116 Å². The van der Waals surface area contributed by atoms with E-state index < -0.39 is 26.1 Å². The molecule has 1 aromatic carbocycles. The van der Waals surface area contributed by atoms with Gasteiger partial charge in [-0.3, -0.25) is 4.90 Å². The van der Waals surface area contributed by atoms with E-state index in [2.05, 4.69) is 4.74 Å². The van der Waals surface area contributed by atoms with Gasteiger partial charge in [0.05, 0.1) is 18.6 Å². The molecule has 0 unspecified atom stereocenters. The molecule has 0 bridgehead atoms. The molecule has 2 rings (SSSR count). The quantitative estimate of drug-likeness (QED) is 0.789. The van der Waals surface area contributed by atoms with Gasteiger partial charge >= 0.3 is 0 Å². The van der Waals surface area contributed by atoms with E-state index >= 15 is 0 Å². The van der Waals surface area contributed by atoms with E-state index in [0.29, 0.717) is 10.5 Å². The van der Waals surface area contributed by atoms with Crippen LogP contribution in [0.3, 0.4) is 0 Å². The summed E-state index contributed by atoms with van der Waals surface area (Å²) >= 11 is 0. The summed E-state index contributed by atoms with van der Waals surface area (Å²) in [6, 6.07) is 7.16. The maximum atomic E-state index is 8.03. The number of morpholine rings is 1. The number of hydrogen-bond acceptors (Lipinski definition) is 2. The fourth-order valence-corrected chi connectivity index (χ4v) is 1.61. The van der Waals surface area contributed by atoms with Gasteiger partial charge in [0.2, 0.25) is 0 Å². The van der Waals surface area contributed by atoms with E-state index in [4.69, 9.17) is 11.0 Å². The van der Waals surface area contributed by atoms with Crippen molar-refractivity contribution >= 4 is 0 Å². The molecule has 1 saturated heterocycles. The number of hydrogen-bond donors (Lipinski definition) is 0. The molecule has 1 heterocycles. The van der Waals surface area contributed by atoms with Crippen molar-refractivity contribution in [1.29, 1.82) is 0 Å². The lowest BCUT2D eigenvalue weighted by Gasteiger charge is -2.27. The Morgan fingerprint density at radius 1 is 1.29 bits per heavy atom. The molecule has 1 aliphatic heterocycles. The number of rotatable bonds is 2. The molecular formula is C15H23NO. The van der Waals surface area contributed by atoms with Crippen LogP contribution in [-0.4, -0.2) is 31.0 Å². The highest BCUT2D eigenvalue weighted by Gasteiger charge is 2.15. The van der Waals surface area contributed by atoms with E-state index in [1.165, 1.54) is 0 Å². The highest BCUT2D eigenvalue weighted by Crippen LogP contribution is 2.23. The standard InChI is InChI=1S/C15H23NO/c1-15(2,3)14-6-4-5-13(11-14)12-16-7-9-17-10-8-16/h4-6,11H,7-10,12H2,1-3H3/i7D2,8D2,9D2,10D2. The summed E-state index contributed by atoms with van der Waals surface area (Å²) in [4.78, 5) is 0.561. The summed E-state index contributed by atoms with van der Waals surface area (Å²) < 4.78 is 67.5. The van der Waals surface area contributed by atoms with Gasteiger partial charge in [-0.2, -0.15) is 0 Å². The second-order valence-electron chi connectivity index (χ2n) is 5.07. The smallest absolute Gasteiger partial charge is 0.0594 e. The second kappa shape index (κ2) is 5.19. The maximum absolute atomic E-state index is 8.03. The molecule has 0 N–H and O–H groups in total. The van der Waals surface area contributed by atoms with Crippen LogP contribution in [0.1, 0.15) is 42.9 Å². The van der Waals surface area contributed by atoms with E-state index in [1.54, 1.807) is 18.2 Å². The average molecular weight is 241 g/mol. The average Bonchev–Trinajstić information content (AvgIpc) is 2.41. The number of benzene rings is 1. The normalized spacial score (nSPS) is 37.1. The summed E-state index contributed by atoms with van der Waals surface area (Å²) in [5.41, 5.74) is 1.36. The zero-order valence-corrected chi connectivity index (χ0v) is 10.4. The Bertz CT molecular complexity index is 627. The van der Waals surface area contributed by atoms with Crippen molar-refractivity contribution in [3.63, 3.8) is 0 Å². The van der Waals surface area contributed by atoms with Crippen LogP contribution in [0, 0.1) is 0 Å². The van der Waals surface area contributed by atoms with E-state index in [9.17, 15) is 0 Å². The molecule has 0 atom stereocenters. The van der Waals surface area contributed by atoms with E-state index in [1.807, 2.05) is 26.8 Å². The lowest BCUT2D eigenvalue weighted by molar-refractivity contribution is 0.0342. The van der Waals surface area contributed by atoms with Gasteiger partial charge in [-0.1, -0.05) is 45.0 Å². The van der Waals surface area contributed by atoms with Crippen molar-refractivity contribution in [3.05, 3.63) is 35.4 Å². The molecule has 94 valence electrons. The fraction of sp³-hybridized carbons (Fsp3) is 0.600. The molecule has 1 aromatic rings. The zero-order chi connectivity index (χ0) is 19.5. The topological polar surface area (TPSA) is 12.5 Å². The first-order valence-electron chi connectivity index (χ1n) is 9.60. The van der Waals surface area contributed by atoms with Gasteiger partial charge in [0.1, 0.15) is 0 Å². The summed E-state index contributed by atoms with van der Waals surface area (Å²) in [5.74, 6) is 0. The summed E-state index contributed by atoms with van der Waals surface area (Å²) in [6.07, 6.45) is 0. The number of nitrogens with zero attached hydrogens (tertiary/aromatic N) is 1. The summed E-state index contributed by atoms with van der Waals surface area (Å²) in [6.45, 7) is -6.01. The van der Waals surface area contributed by atoms with Crippen molar-refractivity contribution in [2.24, 2.45) is 0 Å². The van der Waals surface area contributed by atoms with Crippen LogP contribution in [0.5, 0.6) is 0 Å². The van der Waals surface area contributed by atoms with Crippen molar-refractivity contribution in [2.45, 2.75) is 32.7 Å². The molecule has 0 aliphatic carbocycles. The van der Waals surface area contributed by atoms with Crippen LogP contribution < -0.4 is 0 Å². The lowest BCUT2D eigenvalue weighted by atomic mass is 9.86. The number of ether oxygens (including phenoxy) is 1. The Morgan fingerprint density at radius 3 is 2.65 bits per heavy atom. The summed E-state index contributed by atoms with van der Waals surface area (Å²) in [5, 5.41) is 0. The summed E-state index contributed by atoms with van der Waals surface area (Å²) in [7, 11) is 0. The molecular weight excluding hydrogens is 210 g/mol. The van der Waals surface area contributed by atoms with Gasteiger partial charge in [0, 0.05) is 25.0 Å². The largest absolute Gasteiger partial charge is 0.379 e. The van der Waals surface area contributed by atoms with Crippen molar-refractivity contribution < 1.29 is 15.7 Å². The SMILES string of the molecule is [2H]C1([2H])OC([2H])([2H])C([2H])([2H])N(Cc2cccc(C(C)(C)C)c2)C1([2H])[2H]. The fourth-order valence-electron chi connectivity index (χ4n) is 1.61. The van der Waals surface area contributed by atoms with Gasteiger partial charge in [-0.25, -0.2) is 0 Å². The lowest BCUT2D eigenvalue weighted by Crippen LogP contribution is -2.35. The van der Waals surface area contributed by atoms with Crippen LogP contribution in [0.25, 0.3) is 0 Å². The highest BCUT2D eigenvalue weighted by molar-refractivity contribution is 5.28. The van der Waals surface area contributed by atoms with E-state index in [0.717, 1.165) is 5.56 Å². The zero-order valence-electron chi connectivity index (χ0n) is 18.4. The van der Waals surface area contributed by atoms with Crippen LogP contribution in [-0.2, 0) is 16.7 Å². The predicted molar refractivity (Wildman–Crippen MR) is 71.2 cm³/mol. The van der Waals surface area contributed by atoms with Crippen LogP contribution >= 0.6 is 0 Å². The van der Waals surface area contributed by atoms with Crippen molar-refractivity contribution in [2.75, 3.05) is 26.1 Å². The molecule has 0 saturated carbocycles. The maximum Gasteiger partial charge on any atom is 0.0594 e. The first kappa shape index (κ1) is 5.85. The van der Waals surface area contributed by atoms with E-state index in [-0.39, 0.29) is 12.0 Å². The predicted octanol–water partition coefficient (Wildman–Crippen LogP) is 2.82. The van der Waals surface area contributed by atoms with Gasteiger partial charge in [-0.15, -0.1) is 0 Å². The Balaban J connectivity index is 2.48. The van der Waals surface area contributed by atoms with Gasteiger partial charge in [0.15, 0.2) is 0 Å². The van der Waals surface area contributed by atoms with Crippen LogP contribution in [0.4, 0.5) is 0 Å². The monoisotopic (exact) mass is 241 g/mol. The van der Waals surface area contributed by atoms with Gasteiger partial charge < -0.3 is 4.74 Å². The van der Waals surface area contributed by atoms with Gasteiger partial charge in [-0.05, 0) is 16.5 Å². The van der Waals surface area contributed by atoms with Crippen LogP contribution in [0.15, 0.2) is 24.3 Å². The Kier molecular flexibility index (Phi) is 1.79. The molecule has 2 heteroatoms. The van der Waals surface area contributed by atoms with Crippen molar-refractivity contribution in [3.8, 4) is 0 Å². The third kappa shape index (κ3) is 3.55. The minimum absolute atomic E-state index is 0.164. The third-order valence-corrected chi connectivity index (χ3v) is 2.60. The van der Waals surface area contributed by atoms with Gasteiger partial charge in [0.25, 0.3) is 0 Å². The molecule has 0 aromatic heterocycles. The molecule has 0 spiro atoms. The Hall–Kier alpha value is -0.860. The molecule has 0 radical (unpaired) electrons. The molecule has 1 fully saturated rings. The highest BCUT2D eigenvalue weighted by atomic mass is 16.5. The molecule has 2 nitrogen and oxygen atoms in total. The minimum atomic E-state index is -3.01. The Morgan fingerprint density at radius 2 is 2.00 bits per heavy atom. The second-order valence-corrected chi connectivity index (χ2v) is 5.07.